The number of nitrogens with one attached hydrogen (secondary N) is 1. The maximum Gasteiger partial charge on any atom is 0.229 e. The van der Waals surface area contributed by atoms with Crippen molar-refractivity contribution in [3.63, 3.8) is 0 Å². The van der Waals surface area contributed by atoms with Crippen molar-refractivity contribution in [2.24, 2.45) is 0 Å². The Kier molecular flexibility index (Phi) is 6.53. The first-order valence-corrected chi connectivity index (χ1v) is 7.17. The van der Waals surface area contributed by atoms with Crippen LogP contribution in [0.25, 0.3) is 0 Å². The van der Waals surface area contributed by atoms with Crippen molar-refractivity contribution >= 4 is 17.7 Å². The van der Waals surface area contributed by atoms with E-state index in [2.05, 4.69) is 12.2 Å². The topological polar surface area (TPSA) is 66.5 Å². The van der Waals surface area contributed by atoms with Crippen LogP contribution in [0.5, 0.6) is 0 Å². The van der Waals surface area contributed by atoms with Crippen molar-refractivity contribution in [3.8, 4) is 0 Å². The first-order valence-electron chi connectivity index (χ1n) is 7.17. The monoisotopic (exact) mass is 268 g/mol. The SMILES string of the molecule is CCCCCC(C)NC(=O)CCN1C(=O)CCC1=O. The molecule has 1 aliphatic heterocycles. The van der Waals surface area contributed by atoms with Gasteiger partial charge in [0.1, 0.15) is 0 Å². The molecule has 1 aliphatic rings. The third kappa shape index (κ3) is 5.41. The summed E-state index contributed by atoms with van der Waals surface area (Å²) in [4.78, 5) is 35.6. The highest BCUT2D eigenvalue weighted by atomic mass is 16.2. The van der Waals surface area contributed by atoms with Crippen LogP contribution in [0.15, 0.2) is 0 Å². The molecule has 1 heterocycles. The number of carbonyl (C=O) groups excluding carboxylic acids is 3. The van der Waals surface area contributed by atoms with Gasteiger partial charge in [-0.05, 0) is 13.3 Å². The van der Waals surface area contributed by atoms with Gasteiger partial charge in [0.05, 0.1) is 0 Å². The van der Waals surface area contributed by atoms with E-state index in [4.69, 9.17) is 0 Å². The first kappa shape index (κ1) is 15.7. The standard InChI is InChI=1S/C14H24N2O3/c1-3-4-5-6-11(2)15-12(17)9-10-16-13(18)7-8-14(16)19/h11H,3-10H2,1-2H3,(H,15,17). The minimum absolute atomic E-state index is 0.0866. The molecule has 1 fully saturated rings. The van der Waals surface area contributed by atoms with Gasteiger partial charge in [0, 0.05) is 31.8 Å². The second-order valence-electron chi connectivity index (χ2n) is 5.15. The maximum atomic E-state index is 11.7. The minimum atomic E-state index is -0.159. The Labute approximate surface area is 114 Å². The fourth-order valence-corrected chi connectivity index (χ4v) is 2.21. The lowest BCUT2D eigenvalue weighted by Crippen LogP contribution is -2.37. The average Bonchev–Trinajstić information content (AvgIpc) is 2.67. The summed E-state index contributed by atoms with van der Waals surface area (Å²) >= 11 is 0. The second kappa shape index (κ2) is 7.92. The van der Waals surface area contributed by atoms with Crippen LogP contribution >= 0.6 is 0 Å². The zero-order valence-corrected chi connectivity index (χ0v) is 11.9. The third-order valence-electron chi connectivity index (χ3n) is 3.37. The quantitative estimate of drug-likeness (QED) is 0.537. The molecule has 1 atom stereocenters. The highest BCUT2D eigenvalue weighted by Crippen LogP contribution is 2.11. The fraction of sp³-hybridized carbons (Fsp3) is 0.786. The van der Waals surface area contributed by atoms with E-state index in [0.29, 0.717) is 0 Å². The van der Waals surface area contributed by atoms with E-state index >= 15 is 0 Å². The summed E-state index contributed by atoms with van der Waals surface area (Å²) in [6, 6.07) is 0.157. The van der Waals surface area contributed by atoms with E-state index in [1.54, 1.807) is 0 Å². The molecular formula is C14H24N2O3. The molecule has 1 saturated heterocycles. The van der Waals surface area contributed by atoms with Gasteiger partial charge in [0.25, 0.3) is 0 Å². The predicted octanol–water partition coefficient (Wildman–Crippen LogP) is 1.61. The van der Waals surface area contributed by atoms with Crippen molar-refractivity contribution in [2.45, 2.75) is 64.8 Å². The van der Waals surface area contributed by atoms with Crippen LogP contribution in [0.3, 0.4) is 0 Å². The number of imide groups is 1. The lowest BCUT2D eigenvalue weighted by molar-refractivity contribution is -0.138. The summed E-state index contributed by atoms with van der Waals surface area (Å²) in [5.74, 6) is -0.404. The minimum Gasteiger partial charge on any atom is -0.354 e. The Bertz CT molecular complexity index is 326. The van der Waals surface area contributed by atoms with Gasteiger partial charge >= 0.3 is 0 Å². The number of amides is 3. The largest absolute Gasteiger partial charge is 0.354 e. The van der Waals surface area contributed by atoms with Gasteiger partial charge in [-0.3, -0.25) is 19.3 Å². The van der Waals surface area contributed by atoms with Crippen LogP contribution in [0.1, 0.15) is 58.8 Å². The van der Waals surface area contributed by atoms with Crippen molar-refractivity contribution in [3.05, 3.63) is 0 Å². The van der Waals surface area contributed by atoms with E-state index in [1.807, 2.05) is 6.92 Å². The van der Waals surface area contributed by atoms with Gasteiger partial charge in [-0.2, -0.15) is 0 Å². The Balaban J connectivity index is 2.20. The first-order chi connectivity index (χ1) is 9.04. The number of carbonyl (C=O) groups is 3. The molecule has 3 amide bonds. The third-order valence-corrected chi connectivity index (χ3v) is 3.37. The fourth-order valence-electron chi connectivity index (χ4n) is 2.21. The highest BCUT2D eigenvalue weighted by molar-refractivity contribution is 6.02. The Morgan fingerprint density at radius 2 is 1.89 bits per heavy atom. The van der Waals surface area contributed by atoms with E-state index in [1.165, 1.54) is 17.7 Å². The van der Waals surface area contributed by atoms with Crippen LogP contribution in [-0.4, -0.2) is 35.2 Å². The lowest BCUT2D eigenvalue weighted by atomic mass is 10.1. The molecule has 0 spiro atoms. The lowest BCUT2D eigenvalue weighted by Gasteiger charge is -2.16. The van der Waals surface area contributed by atoms with Crippen molar-refractivity contribution in [1.29, 1.82) is 0 Å². The summed E-state index contributed by atoms with van der Waals surface area (Å²) in [5, 5.41) is 2.90. The van der Waals surface area contributed by atoms with E-state index < -0.39 is 0 Å². The molecule has 5 heteroatoms. The molecule has 0 radical (unpaired) electrons. The normalized spacial score (nSPS) is 16.8. The van der Waals surface area contributed by atoms with Crippen molar-refractivity contribution < 1.29 is 14.4 Å². The molecule has 0 aliphatic carbocycles. The van der Waals surface area contributed by atoms with E-state index in [-0.39, 0.29) is 49.6 Å². The van der Waals surface area contributed by atoms with E-state index in [0.717, 1.165) is 12.8 Å². The number of unbranched alkanes of at least 4 members (excludes halogenated alkanes) is 2. The number of likely N-dealkylation sites (tertiary alicyclic amines) is 1. The molecule has 0 aromatic carbocycles. The highest BCUT2D eigenvalue weighted by Gasteiger charge is 2.28. The van der Waals surface area contributed by atoms with Gasteiger partial charge in [-0.15, -0.1) is 0 Å². The van der Waals surface area contributed by atoms with Gasteiger partial charge < -0.3 is 5.32 Å². The molecule has 1 rings (SSSR count). The van der Waals surface area contributed by atoms with Crippen LogP contribution in [0.4, 0.5) is 0 Å². The summed E-state index contributed by atoms with van der Waals surface area (Å²) in [5.41, 5.74) is 0. The zero-order valence-electron chi connectivity index (χ0n) is 11.9. The maximum absolute atomic E-state index is 11.7. The molecular weight excluding hydrogens is 244 g/mol. The number of rotatable bonds is 8. The van der Waals surface area contributed by atoms with Gasteiger partial charge in [-0.1, -0.05) is 26.2 Å². The molecule has 0 aromatic heterocycles. The second-order valence-corrected chi connectivity index (χ2v) is 5.15. The number of hydrogen-bond acceptors (Lipinski definition) is 3. The van der Waals surface area contributed by atoms with Crippen LogP contribution in [-0.2, 0) is 14.4 Å². The molecule has 5 nitrogen and oxygen atoms in total. The predicted molar refractivity (Wildman–Crippen MR) is 72.3 cm³/mol. The van der Waals surface area contributed by atoms with Crippen LogP contribution in [0, 0.1) is 0 Å². The molecule has 0 aromatic rings. The van der Waals surface area contributed by atoms with Crippen molar-refractivity contribution in [2.75, 3.05) is 6.54 Å². The summed E-state index contributed by atoms with van der Waals surface area (Å²) < 4.78 is 0. The molecule has 1 N–H and O–H groups in total. The Hall–Kier alpha value is -1.39. The van der Waals surface area contributed by atoms with Gasteiger partial charge in [0.15, 0.2) is 0 Å². The molecule has 0 saturated carbocycles. The smallest absolute Gasteiger partial charge is 0.229 e. The van der Waals surface area contributed by atoms with Crippen molar-refractivity contribution in [1.82, 2.24) is 10.2 Å². The molecule has 108 valence electrons. The Morgan fingerprint density at radius 1 is 1.26 bits per heavy atom. The number of hydrogen-bond donors (Lipinski definition) is 1. The molecule has 19 heavy (non-hydrogen) atoms. The summed E-state index contributed by atoms with van der Waals surface area (Å²) in [6.07, 6.45) is 5.20. The van der Waals surface area contributed by atoms with Gasteiger partial charge in [0.2, 0.25) is 17.7 Å². The zero-order chi connectivity index (χ0) is 14.3. The van der Waals surface area contributed by atoms with E-state index in [9.17, 15) is 14.4 Å². The average molecular weight is 268 g/mol. The summed E-state index contributed by atoms with van der Waals surface area (Å²) in [7, 11) is 0. The summed E-state index contributed by atoms with van der Waals surface area (Å²) in [6.45, 7) is 4.35. The molecule has 1 unspecified atom stereocenters. The van der Waals surface area contributed by atoms with Crippen LogP contribution < -0.4 is 5.32 Å². The number of nitrogens with zero attached hydrogens (tertiary/aromatic N) is 1. The Morgan fingerprint density at radius 3 is 2.47 bits per heavy atom. The van der Waals surface area contributed by atoms with Gasteiger partial charge in [-0.25, -0.2) is 0 Å². The van der Waals surface area contributed by atoms with Crippen LogP contribution in [0.2, 0.25) is 0 Å². The molecule has 0 bridgehead atoms.